The van der Waals surface area contributed by atoms with Crippen molar-refractivity contribution in [2.75, 3.05) is 37.3 Å². The van der Waals surface area contributed by atoms with E-state index in [1.807, 2.05) is 37.5 Å². The van der Waals surface area contributed by atoms with Crippen molar-refractivity contribution in [2.24, 2.45) is 10.9 Å². The van der Waals surface area contributed by atoms with E-state index in [4.69, 9.17) is 9.98 Å². The Morgan fingerprint density at radius 3 is 2.51 bits per heavy atom. The number of pyridine rings is 1. The summed E-state index contributed by atoms with van der Waals surface area (Å²) in [5, 5.41) is 9.53. The molecule has 0 atom stereocenters. The smallest absolute Gasteiger partial charge is 0.125 e. The summed E-state index contributed by atoms with van der Waals surface area (Å²) in [4.78, 5) is 17.4. The van der Waals surface area contributed by atoms with Gasteiger partial charge in [0.05, 0.1) is 51.1 Å². The van der Waals surface area contributed by atoms with Crippen LogP contribution in [0.25, 0.3) is 29.2 Å². The van der Waals surface area contributed by atoms with Crippen molar-refractivity contribution in [1.82, 2.24) is 19.4 Å². The molecule has 2 aliphatic carbocycles. The van der Waals surface area contributed by atoms with E-state index in [9.17, 15) is 4.39 Å². The first-order valence-electron chi connectivity index (χ1n) is 14.7. The van der Waals surface area contributed by atoms with Gasteiger partial charge in [0.2, 0.25) is 0 Å². The van der Waals surface area contributed by atoms with Gasteiger partial charge in [-0.2, -0.15) is 0 Å². The summed E-state index contributed by atoms with van der Waals surface area (Å²) in [6, 6.07) is 15.1. The lowest BCUT2D eigenvalue weighted by Crippen LogP contribution is -2.40. The van der Waals surface area contributed by atoms with E-state index in [0.717, 1.165) is 95.6 Å². The fourth-order valence-electron chi connectivity index (χ4n) is 5.84. The number of rotatable bonds is 7. The van der Waals surface area contributed by atoms with E-state index < -0.39 is 0 Å². The predicted octanol–water partition coefficient (Wildman–Crippen LogP) is 4.67. The van der Waals surface area contributed by atoms with Crippen LogP contribution in [-0.2, 0) is 0 Å². The van der Waals surface area contributed by atoms with Crippen LogP contribution in [0.4, 0.5) is 21.6 Å². The molecule has 2 N–H and O–H groups in total. The molecular formula is C33H38FN7. The molecule has 1 saturated heterocycles. The molecule has 7 nitrogen and oxygen atoms in total. The van der Waals surface area contributed by atoms with Gasteiger partial charge in [-0.15, -0.1) is 0 Å². The molecule has 0 amide bonds. The van der Waals surface area contributed by atoms with Crippen molar-refractivity contribution in [1.29, 1.82) is 0 Å². The number of halogens is 1. The van der Waals surface area contributed by atoms with Gasteiger partial charge in [0, 0.05) is 32.4 Å². The maximum atomic E-state index is 13.9. The van der Waals surface area contributed by atoms with Crippen molar-refractivity contribution in [3.05, 3.63) is 76.6 Å². The van der Waals surface area contributed by atoms with Gasteiger partial charge in [0.1, 0.15) is 11.6 Å². The number of nitrogens with one attached hydrogen (secondary N) is 2. The molecule has 0 spiro atoms. The average Bonchev–Trinajstić information content (AvgIpc) is 2.98. The first-order valence-corrected chi connectivity index (χ1v) is 14.7. The van der Waals surface area contributed by atoms with E-state index in [2.05, 4.69) is 63.2 Å². The number of likely N-dealkylation sites (tertiary alicyclic amines) is 1. The molecule has 2 aromatic rings. The zero-order valence-corrected chi connectivity index (χ0v) is 24.1. The Bertz CT molecular complexity index is 1670. The van der Waals surface area contributed by atoms with Crippen LogP contribution in [0.5, 0.6) is 0 Å². The van der Waals surface area contributed by atoms with E-state index in [-0.39, 0.29) is 11.9 Å². The molecule has 8 heteroatoms. The minimum atomic E-state index is -0.249. The molecule has 0 bridgehead atoms. The summed E-state index contributed by atoms with van der Waals surface area (Å²) < 4.78 is 16.1. The molecule has 1 aromatic heterocycles. The number of piperidine rings is 1. The molecule has 0 saturated carbocycles. The molecule has 0 unspecified atom stereocenters. The van der Waals surface area contributed by atoms with E-state index in [1.165, 1.54) is 12.1 Å². The van der Waals surface area contributed by atoms with Gasteiger partial charge < -0.3 is 20.1 Å². The third-order valence-corrected chi connectivity index (χ3v) is 7.81. The quantitative estimate of drug-likeness (QED) is 0.349. The first kappa shape index (κ1) is 27.1. The van der Waals surface area contributed by atoms with Crippen LogP contribution in [0.3, 0.4) is 0 Å². The summed E-state index contributed by atoms with van der Waals surface area (Å²) in [6.45, 7) is 7.81. The third kappa shape index (κ3) is 6.03. The highest BCUT2D eigenvalue weighted by molar-refractivity contribution is 5.70. The predicted molar refractivity (Wildman–Crippen MR) is 164 cm³/mol. The zero-order valence-electron chi connectivity index (χ0n) is 24.1. The largest absolute Gasteiger partial charge is 0.373 e. The summed E-state index contributed by atoms with van der Waals surface area (Å²) in [5.41, 5.74) is 4.50. The van der Waals surface area contributed by atoms with E-state index in [0.29, 0.717) is 5.92 Å². The van der Waals surface area contributed by atoms with Crippen molar-refractivity contribution < 1.29 is 4.39 Å². The van der Waals surface area contributed by atoms with Crippen LogP contribution in [0.1, 0.15) is 39.5 Å². The number of hydrogen-bond donors (Lipinski definition) is 2. The highest BCUT2D eigenvalue weighted by Gasteiger charge is 2.21. The standard InChI is InChI=1S/C33H38FN7/c1-22(2)21-40-16-14-24(15-17-40)37-29-19-32-30(18-28(29)38-25-10-13-33(35-3)36-20-25)39-27-6-4-5-7-31(27)41(32)26-11-8-23(34)9-12-26/h6-13,18-20,22,24,38H,4-5,14-17,21H2,1-3H3,(H,35,36). The molecule has 0 radical (unpaired) electrons. The summed E-state index contributed by atoms with van der Waals surface area (Å²) in [6.07, 6.45) is 10.2. The van der Waals surface area contributed by atoms with E-state index >= 15 is 0 Å². The van der Waals surface area contributed by atoms with Gasteiger partial charge in [-0.05, 0) is 80.1 Å². The van der Waals surface area contributed by atoms with Crippen LogP contribution in [0.15, 0.2) is 59.7 Å². The van der Waals surface area contributed by atoms with Crippen molar-refractivity contribution >= 4 is 29.3 Å². The maximum absolute atomic E-state index is 13.9. The third-order valence-electron chi connectivity index (χ3n) is 7.81. The van der Waals surface area contributed by atoms with Gasteiger partial charge >= 0.3 is 0 Å². The lowest BCUT2D eigenvalue weighted by molar-refractivity contribution is 0.192. The number of benzene rings is 2. The molecule has 3 heterocycles. The van der Waals surface area contributed by atoms with Crippen molar-refractivity contribution in [3.8, 4) is 17.1 Å². The van der Waals surface area contributed by atoms with Gasteiger partial charge in [0.15, 0.2) is 0 Å². The fourth-order valence-corrected chi connectivity index (χ4v) is 5.84. The van der Waals surface area contributed by atoms with Crippen LogP contribution < -0.4 is 26.7 Å². The number of aromatic nitrogens is 3. The molecule has 1 fully saturated rings. The minimum absolute atomic E-state index is 0.242. The van der Waals surface area contributed by atoms with Gasteiger partial charge in [-0.25, -0.2) is 14.4 Å². The Morgan fingerprint density at radius 2 is 1.80 bits per heavy atom. The molecule has 4 aliphatic rings. The number of fused-ring (bicyclic) bond motifs is 2. The Balaban J connectivity index is 1.50. The topological polar surface area (TPSA) is 70.4 Å². The van der Waals surface area contributed by atoms with E-state index in [1.54, 1.807) is 0 Å². The number of anilines is 3. The highest BCUT2D eigenvalue weighted by atomic mass is 19.1. The van der Waals surface area contributed by atoms with Gasteiger partial charge in [-0.1, -0.05) is 26.0 Å². The zero-order chi connectivity index (χ0) is 28.3. The molecule has 6 rings (SSSR count). The highest BCUT2D eigenvalue weighted by Crippen LogP contribution is 2.25. The second-order valence-corrected chi connectivity index (χ2v) is 11.4. The van der Waals surface area contributed by atoms with Gasteiger partial charge in [-0.3, -0.25) is 4.99 Å². The SMILES string of the molecule is CNc1ccc(Nc2cc3nc4c(n(-c5ccc(F)cc5)c-3cc2=NC2CCN(CC(C)C)CC2)=CCCC=4)cn1. The lowest BCUT2D eigenvalue weighted by Gasteiger charge is -2.31. The summed E-state index contributed by atoms with van der Waals surface area (Å²) in [5.74, 6) is 1.23. The number of nitrogens with zero attached hydrogens (tertiary/aromatic N) is 5. The van der Waals surface area contributed by atoms with Gasteiger partial charge in [0.25, 0.3) is 0 Å². The van der Waals surface area contributed by atoms with Crippen LogP contribution in [0, 0.1) is 11.7 Å². The average molecular weight is 552 g/mol. The Kier molecular flexibility index (Phi) is 7.83. The molecule has 2 aliphatic heterocycles. The molecule has 212 valence electrons. The number of hydrogen-bond acceptors (Lipinski definition) is 6. The molecular weight excluding hydrogens is 513 g/mol. The summed E-state index contributed by atoms with van der Waals surface area (Å²) in [7, 11) is 1.86. The lowest BCUT2D eigenvalue weighted by atomic mass is 10.0. The van der Waals surface area contributed by atoms with Crippen LogP contribution in [0.2, 0.25) is 0 Å². The second-order valence-electron chi connectivity index (χ2n) is 11.4. The molecule has 41 heavy (non-hydrogen) atoms. The summed E-state index contributed by atoms with van der Waals surface area (Å²) >= 11 is 0. The van der Waals surface area contributed by atoms with Crippen LogP contribution in [-0.4, -0.2) is 52.2 Å². The first-order chi connectivity index (χ1) is 20.0. The van der Waals surface area contributed by atoms with Crippen molar-refractivity contribution in [3.63, 3.8) is 0 Å². The Hall–Kier alpha value is -4.04. The Labute approximate surface area is 240 Å². The monoisotopic (exact) mass is 551 g/mol. The minimum Gasteiger partial charge on any atom is -0.373 e. The van der Waals surface area contributed by atoms with Crippen molar-refractivity contribution in [2.45, 2.75) is 45.6 Å². The fraction of sp³-hybridized carbons (Fsp3) is 0.364. The molecule has 1 aromatic carbocycles. The normalized spacial score (nSPS) is 16.4. The Morgan fingerprint density at radius 1 is 1.02 bits per heavy atom. The second kappa shape index (κ2) is 11.8. The maximum Gasteiger partial charge on any atom is 0.125 e. The van der Waals surface area contributed by atoms with Crippen LogP contribution >= 0.6 is 0 Å².